The first kappa shape index (κ1) is 21.1. The molecule has 3 aromatic rings. The Morgan fingerprint density at radius 2 is 1.90 bits per heavy atom. The van der Waals surface area contributed by atoms with E-state index in [1.807, 2.05) is 0 Å². The molecule has 0 aliphatic carbocycles. The normalized spacial score (nSPS) is 29.3. The molecule has 2 fully saturated rings. The SMILES string of the molecule is CC1(C)O[C@@H]2[C@H](O1)[C@@H](C(C)(O)c1ccc(Cl)c(F)c1)O[C@H]2n1ccc2c(Cl)ncnc21. The molecule has 0 amide bonds. The highest BCUT2D eigenvalue weighted by Crippen LogP contribution is 2.49. The van der Waals surface area contributed by atoms with E-state index < -0.39 is 41.7 Å². The Balaban J connectivity index is 1.58. The number of ether oxygens (including phenoxy) is 3. The van der Waals surface area contributed by atoms with Gasteiger partial charge in [-0.05, 0) is 44.5 Å². The lowest BCUT2D eigenvalue weighted by atomic mass is 9.86. The molecule has 2 aliphatic rings. The molecule has 2 saturated heterocycles. The summed E-state index contributed by atoms with van der Waals surface area (Å²) in [5.74, 6) is -1.52. The number of hydrogen-bond donors (Lipinski definition) is 1. The van der Waals surface area contributed by atoms with Crippen LogP contribution in [-0.4, -0.2) is 43.7 Å². The first-order valence-electron chi connectivity index (χ1n) is 9.74. The Hall–Kier alpha value is -1.81. The van der Waals surface area contributed by atoms with Gasteiger partial charge in [-0.3, -0.25) is 0 Å². The quantitative estimate of drug-likeness (QED) is 0.581. The van der Waals surface area contributed by atoms with Crippen molar-refractivity contribution in [2.24, 2.45) is 0 Å². The topological polar surface area (TPSA) is 78.6 Å². The number of fused-ring (bicyclic) bond motifs is 2. The fourth-order valence-electron chi connectivity index (χ4n) is 4.37. The van der Waals surface area contributed by atoms with Crippen LogP contribution in [-0.2, 0) is 19.8 Å². The standard InChI is InChI=1S/C21H20Cl2FN3O4/c1-20(2)30-14-15(31-20)19(27-7-6-11-17(23)25-9-26-18(11)27)29-16(14)21(3,28)10-4-5-12(22)13(24)8-10/h4-9,14-16,19,28H,1-3H3/t14-,15+,16-,19+,21?/m0/s1. The summed E-state index contributed by atoms with van der Waals surface area (Å²) >= 11 is 12.0. The molecule has 31 heavy (non-hydrogen) atoms. The van der Waals surface area contributed by atoms with Crippen LogP contribution in [0, 0.1) is 5.82 Å². The Bertz CT molecular complexity index is 1170. The lowest BCUT2D eigenvalue weighted by Crippen LogP contribution is -2.45. The van der Waals surface area contributed by atoms with Gasteiger partial charge >= 0.3 is 0 Å². The van der Waals surface area contributed by atoms with E-state index in [-0.39, 0.29) is 5.02 Å². The van der Waals surface area contributed by atoms with E-state index in [2.05, 4.69) is 9.97 Å². The minimum Gasteiger partial charge on any atom is -0.383 e. The molecular weight excluding hydrogens is 448 g/mol. The lowest BCUT2D eigenvalue weighted by molar-refractivity contribution is -0.221. The van der Waals surface area contributed by atoms with Crippen molar-refractivity contribution in [1.29, 1.82) is 0 Å². The summed E-state index contributed by atoms with van der Waals surface area (Å²) < 4.78 is 34.5. The van der Waals surface area contributed by atoms with Crippen LogP contribution in [0.2, 0.25) is 10.2 Å². The van der Waals surface area contributed by atoms with Crippen LogP contribution >= 0.6 is 23.2 Å². The minimum atomic E-state index is -1.59. The van der Waals surface area contributed by atoms with Gasteiger partial charge in [-0.25, -0.2) is 14.4 Å². The van der Waals surface area contributed by atoms with Crippen LogP contribution < -0.4 is 0 Å². The van der Waals surface area contributed by atoms with E-state index in [9.17, 15) is 9.50 Å². The monoisotopic (exact) mass is 467 g/mol. The van der Waals surface area contributed by atoms with Crippen molar-refractivity contribution in [2.75, 3.05) is 0 Å². The molecule has 1 N–H and O–H groups in total. The fourth-order valence-corrected chi connectivity index (χ4v) is 4.68. The number of aliphatic hydroxyl groups is 1. The highest BCUT2D eigenvalue weighted by atomic mass is 35.5. The van der Waals surface area contributed by atoms with E-state index in [0.29, 0.717) is 21.7 Å². The second-order valence-corrected chi connectivity index (χ2v) is 9.18. The zero-order valence-electron chi connectivity index (χ0n) is 16.9. The first-order chi connectivity index (χ1) is 14.6. The summed E-state index contributed by atoms with van der Waals surface area (Å²) in [7, 11) is 0. The van der Waals surface area contributed by atoms with Gasteiger partial charge in [0.2, 0.25) is 0 Å². The van der Waals surface area contributed by atoms with E-state index >= 15 is 0 Å². The summed E-state index contributed by atoms with van der Waals surface area (Å²) in [6.45, 7) is 5.15. The summed E-state index contributed by atoms with van der Waals surface area (Å²) in [5, 5.41) is 12.4. The molecule has 2 aliphatic heterocycles. The number of nitrogens with zero attached hydrogens (tertiary/aromatic N) is 3. The lowest BCUT2D eigenvalue weighted by Gasteiger charge is -2.34. The van der Waals surface area contributed by atoms with Crippen LogP contribution in [0.5, 0.6) is 0 Å². The zero-order chi connectivity index (χ0) is 22.1. The molecule has 0 saturated carbocycles. The third-order valence-corrected chi connectivity index (χ3v) is 6.43. The summed E-state index contributed by atoms with van der Waals surface area (Å²) in [4.78, 5) is 8.33. The van der Waals surface area contributed by atoms with Gasteiger partial charge in [0, 0.05) is 6.20 Å². The largest absolute Gasteiger partial charge is 0.383 e. The zero-order valence-corrected chi connectivity index (χ0v) is 18.4. The van der Waals surface area contributed by atoms with Gasteiger partial charge < -0.3 is 23.9 Å². The average molecular weight is 468 g/mol. The van der Waals surface area contributed by atoms with Crippen LogP contribution in [0.15, 0.2) is 36.8 Å². The van der Waals surface area contributed by atoms with Crippen molar-refractivity contribution in [2.45, 2.75) is 56.7 Å². The predicted octanol–water partition coefficient (Wildman–Crippen LogP) is 4.20. The predicted molar refractivity (Wildman–Crippen MR) is 111 cm³/mol. The third kappa shape index (κ3) is 3.33. The Kier molecular flexibility index (Phi) is 4.82. The van der Waals surface area contributed by atoms with Gasteiger partial charge in [-0.1, -0.05) is 29.3 Å². The molecule has 0 spiro atoms. The van der Waals surface area contributed by atoms with Gasteiger partial charge in [0.05, 0.1) is 10.4 Å². The molecule has 2 aromatic heterocycles. The van der Waals surface area contributed by atoms with Crippen molar-refractivity contribution in [3.63, 3.8) is 0 Å². The second kappa shape index (κ2) is 7.10. The first-order valence-corrected chi connectivity index (χ1v) is 10.5. The van der Waals surface area contributed by atoms with E-state index in [1.165, 1.54) is 18.5 Å². The molecular formula is C21H20Cl2FN3O4. The number of rotatable bonds is 3. The number of halogens is 3. The molecule has 1 aromatic carbocycles. The maximum Gasteiger partial charge on any atom is 0.164 e. The van der Waals surface area contributed by atoms with Crippen molar-refractivity contribution >= 4 is 34.2 Å². The van der Waals surface area contributed by atoms with Gasteiger partial charge in [0.15, 0.2) is 12.0 Å². The minimum absolute atomic E-state index is 0.0281. The highest BCUT2D eigenvalue weighted by Gasteiger charge is 2.60. The van der Waals surface area contributed by atoms with Crippen LogP contribution in [0.3, 0.4) is 0 Å². The van der Waals surface area contributed by atoms with Crippen molar-refractivity contribution in [1.82, 2.24) is 14.5 Å². The van der Waals surface area contributed by atoms with Crippen molar-refractivity contribution < 1.29 is 23.7 Å². The van der Waals surface area contributed by atoms with Gasteiger partial charge in [-0.2, -0.15) is 0 Å². The smallest absolute Gasteiger partial charge is 0.164 e. The van der Waals surface area contributed by atoms with Crippen molar-refractivity contribution in [3.8, 4) is 0 Å². The summed E-state index contributed by atoms with van der Waals surface area (Å²) in [6, 6.07) is 5.96. The van der Waals surface area contributed by atoms with Gasteiger partial charge in [0.25, 0.3) is 0 Å². The molecule has 164 valence electrons. The Labute approximate surface area is 187 Å². The highest BCUT2D eigenvalue weighted by molar-refractivity contribution is 6.33. The molecule has 5 atom stereocenters. The Morgan fingerprint density at radius 3 is 2.65 bits per heavy atom. The average Bonchev–Trinajstić information content (AvgIpc) is 3.35. The summed E-state index contributed by atoms with van der Waals surface area (Å²) in [5.41, 5.74) is -0.715. The van der Waals surface area contributed by atoms with Crippen LogP contribution in [0.25, 0.3) is 11.0 Å². The molecule has 5 rings (SSSR count). The van der Waals surface area contributed by atoms with Crippen LogP contribution in [0.1, 0.15) is 32.6 Å². The van der Waals surface area contributed by atoms with E-state index in [1.54, 1.807) is 43.7 Å². The molecule has 1 unspecified atom stereocenters. The molecule has 0 bridgehead atoms. The van der Waals surface area contributed by atoms with Gasteiger partial charge in [-0.15, -0.1) is 0 Å². The van der Waals surface area contributed by atoms with Gasteiger partial charge in [0.1, 0.15) is 46.9 Å². The Morgan fingerprint density at radius 1 is 1.16 bits per heavy atom. The molecule has 0 radical (unpaired) electrons. The summed E-state index contributed by atoms with van der Waals surface area (Å²) in [6.07, 6.45) is 0.453. The molecule has 4 heterocycles. The fraction of sp³-hybridized carbons (Fsp3) is 0.429. The number of aromatic nitrogens is 3. The second-order valence-electron chi connectivity index (χ2n) is 8.41. The van der Waals surface area contributed by atoms with E-state index in [0.717, 1.165) is 0 Å². The molecule has 10 heteroatoms. The maximum absolute atomic E-state index is 14.1. The number of benzene rings is 1. The maximum atomic E-state index is 14.1. The third-order valence-electron chi connectivity index (χ3n) is 5.82. The van der Waals surface area contributed by atoms with Crippen LogP contribution in [0.4, 0.5) is 4.39 Å². The van der Waals surface area contributed by atoms with E-state index in [4.69, 9.17) is 37.4 Å². The number of hydrogen-bond acceptors (Lipinski definition) is 6. The van der Waals surface area contributed by atoms with Crippen molar-refractivity contribution in [3.05, 3.63) is 58.3 Å². The molecule has 7 nitrogen and oxygen atoms in total.